The topological polar surface area (TPSA) is 57.6 Å². The SMILES string of the molecule is [2H][C@H]([3H])N([C@@H](c1ccccc1)[C@H](O)c1ccccc1)S(=O)(=O)c1ccc(C)cc1. The lowest BCUT2D eigenvalue weighted by atomic mass is 9.96. The molecule has 140 valence electrons. The van der Waals surface area contributed by atoms with E-state index in [0.29, 0.717) is 11.1 Å². The molecule has 0 aliphatic heterocycles. The van der Waals surface area contributed by atoms with Crippen LogP contribution >= 0.6 is 0 Å². The van der Waals surface area contributed by atoms with Crippen molar-refractivity contribution in [2.24, 2.45) is 0 Å². The van der Waals surface area contributed by atoms with Gasteiger partial charge in [-0.2, -0.15) is 4.31 Å². The molecular weight excluding hydrogens is 358 g/mol. The van der Waals surface area contributed by atoms with Gasteiger partial charge in [0.25, 0.3) is 0 Å². The number of nitrogens with zero attached hydrogens (tertiary/aromatic N) is 1. The van der Waals surface area contributed by atoms with Crippen LogP contribution in [0.1, 0.15) is 31.6 Å². The standard InChI is InChI=1S/C22H23NO3S/c1-17-13-15-20(16-14-17)27(25,26)23(2)21(18-9-5-3-6-10-18)22(24)19-11-7-4-8-12-19/h3-16,21-22,24H,1-2H3/t21-,22+/m0/s1/i2TD/t2-,21+,22-/m1. The number of aliphatic hydroxyl groups is 1. The Bertz CT molecular complexity index is 1030. The number of sulfonamides is 1. The highest BCUT2D eigenvalue weighted by Gasteiger charge is 2.34. The molecule has 3 aromatic carbocycles. The molecule has 3 atom stereocenters. The Labute approximate surface area is 163 Å². The molecule has 0 aromatic heterocycles. The molecule has 1 N–H and O–H groups in total. The summed E-state index contributed by atoms with van der Waals surface area (Å²) in [6, 6.07) is 22.4. The summed E-state index contributed by atoms with van der Waals surface area (Å²) in [5, 5.41) is 11.1. The van der Waals surface area contributed by atoms with Gasteiger partial charge < -0.3 is 5.11 Å². The number of benzene rings is 3. The Morgan fingerprint density at radius 1 is 0.926 bits per heavy atom. The van der Waals surface area contributed by atoms with E-state index in [1.807, 2.05) is 6.92 Å². The van der Waals surface area contributed by atoms with Crippen LogP contribution in [0.3, 0.4) is 0 Å². The molecule has 0 heterocycles. The first-order chi connectivity index (χ1) is 13.8. The van der Waals surface area contributed by atoms with Crippen LogP contribution in [0.2, 0.25) is 0 Å². The van der Waals surface area contributed by atoms with Gasteiger partial charge in [0, 0.05) is 9.74 Å². The summed E-state index contributed by atoms with van der Waals surface area (Å²) in [5.74, 6) is 0. The van der Waals surface area contributed by atoms with Crippen LogP contribution < -0.4 is 0 Å². The van der Waals surface area contributed by atoms with Crippen molar-refractivity contribution in [1.82, 2.24) is 4.31 Å². The minimum Gasteiger partial charge on any atom is -0.386 e. The molecule has 0 amide bonds. The summed E-state index contributed by atoms with van der Waals surface area (Å²) >= 11 is 0. The van der Waals surface area contributed by atoms with Crippen molar-refractivity contribution >= 4 is 10.0 Å². The highest BCUT2D eigenvalue weighted by atomic mass is 32.2. The van der Waals surface area contributed by atoms with Gasteiger partial charge in [-0.3, -0.25) is 0 Å². The smallest absolute Gasteiger partial charge is 0.243 e. The van der Waals surface area contributed by atoms with Gasteiger partial charge in [-0.25, -0.2) is 8.42 Å². The van der Waals surface area contributed by atoms with E-state index in [-0.39, 0.29) is 4.90 Å². The first kappa shape index (κ1) is 16.7. The average Bonchev–Trinajstić information content (AvgIpc) is 2.72. The fraction of sp³-hybridized carbons (Fsp3) is 0.182. The van der Waals surface area contributed by atoms with Crippen molar-refractivity contribution < 1.29 is 16.3 Å². The number of hydrogen-bond acceptors (Lipinski definition) is 3. The van der Waals surface area contributed by atoms with Crippen molar-refractivity contribution in [3.05, 3.63) is 102 Å². The predicted octanol–water partition coefficient (Wildman–Crippen LogP) is 4.09. The zero-order valence-corrected chi connectivity index (χ0v) is 15.8. The Kier molecular flexibility index (Phi) is 4.97. The van der Waals surface area contributed by atoms with Gasteiger partial charge in [0.2, 0.25) is 10.0 Å². The molecule has 5 heteroatoms. The highest BCUT2D eigenvalue weighted by Crippen LogP contribution is 2.36. The van der Waals surface area contributed by atoms with E-state index in [4.69, 9.17) is 2.74 Å². The molecule has 27 heavy (non-hydrogen) atoms. The Morgan fingerprint density at radius 2 is 1.44 bits per heavy atom. The van der Waals surface area contributed by atoms with E-state index in [1.165, 1.54) is 12.1 Å². The zero-order valence-electron chi connectivity index (χ0n) is 16.9. The maximum Gasteiger partial charge on any atom is 0.243 e. The molecule has 0 unspecified atom stereocenters. The fourth-order valence-corrected chi connectivity index (χ4v) is 4.19. The van der Waals surface area contributed by atoms with E-state index < -0.39 is 29.2 Å². The van der Waals surface area contributed by atoms with Crippen LogP contribution in [0, 0.1) is 6.92 Å². The maximum atomic E-state index is 13.4. The Hall–Kier alpha value is -2.47. The van der Waals surface area contributed by atoms with Gasteiger partial charge in [0.1, 0.15) is 0 Å². The largest absolute Gasteiger partial charge is 0.386 e. The zero-order chi connectivity index (χ0) is 21.0. The molecule has 3 rings (SSSR count). The number of aliphatic hydroxyl groups excluding tert-OH is 1. The molecule has 0 saturated carbocycles. The molecule has 0 saturated heterocycles. The normalized spacial score (nSPS) is 16.3. The Morgan fingerprint density at radius 3 is 1.96 bits per heavy atom. The molecule has 0 fully saturated rings. The summed E-state index contributed by atoms with van der Waals surface area (Å²) in [7, 11) is -4.22. The fourth-order valence-electron chi connectivity index (χ4n) is 2.93. The minimum absolute atomic E-state index is 0.0196. The third-order valence-electron chi connectivity index (χ3n) is 4.45. The molecule has 0 aliphatic carbocycles. The van der Waals surface area contributed by atoms with Gasteiger partial charge >= 0.3 is 0 Å². The van der Waals surface area contributed by atoms with Gasteiger partial charge in [-0.15, -0.1) is 0 Å². The van der Waals surface area contributed by atoms with Crippen LogP contribution in [0.25, 0.3) is 0 Å². The van der Waals surface area contributed by atoms with Crippen molar-refractivity contribution in [1.29, 1.82) is 0 Å². The van der Waals surface area contributed by atoms with Gasteiger partial charge in [0.15, 0.2) is 0 Å². The van der Waals surface area contributed by atoms with Crippen molar-refractivity contribution in [2.75, 3.05) is 7.00 Å². The summed E-state index contributed by atoms with van der Waals surface area (Å²) < 4.78 is 43.6. The second-order valence-corrected chi connectivity index (χ2v) is 8.20. The molecular formula is C22H23NO3S. The lowest BCUT2D eigenvalue weighted by Crippen LogP contribution is -2.35. The lowest BCUT2D eigenvalue weighted by molar-refractivity contribution is 0.0984. The van der Waals surface area contributed by atoms with Crippen LogP contribution in [0.4, 0.5) is 0 Å². The van der Waals surface area contributed by atoms with Gasteiger partial charge in [0.05, 0.1) is 17.0 Å². The number of hydrogen-bond donors (Lipinski definition) is 1. The summed E-state index contributed by atoms with van der Waals surface area (Å²) in [6.07, 6.45) is -1.25. The summed E-state index contributed by atoms with van der Waals surface area (Å²) in [5.41, 5.74) is 1.91. The van der Waals surface area contributed by atoms with Crippen molar-refractivity contribution in [3.63, 3.8) is 0 Å². The molecule has 0 bridgehead atoms. The highest BCUT2D eigenvalue weighted by molar-refractivity contribution is 7.89. The number of rotatable bonds is 6. The van der Waals surface area contributed by atoms with E-state index in [2.05, 4.69) is 0 Å². The summed E-state index contributed by atoms with van der Waals surface area (Å²) in [6.45, 7) is -0.0115. The third kappa shape index (κ3) is 4.11. The predicted molar refractivity (Wildman–Crippen MR) is 107 cm³/mol. The molecule has 4 nitrogen and oxygen atoms in total. The van der Waals surface area contributed by atoms with Crippen LogP contribution in [-0.4, -0.2) is 24.8 Å². The van der Waals surface area contributed by atoms with Gasteiger partial charge in [-0.1, -0.05) is 78.4 Å². The van der Waals surface area contributed by atoms with E-state index in [9.17, 15) is 13.5 Å². The molecule has 0 radical (unpaired) electrons. The van der Waals surface area contributed by atoms with Crippen LogP contribution in [-0.2, 0) is 10.0 Å². The van der Waals surface area contributed by atoms with E-state index in [0.717, 1.165) is 9.87 Å². The molecule has 0 spiro atoms. The van der Waals surface area contributed by atoms with Gasteiger partial charge in [-0.05, 0) is 30.2 Å². The third-order valence-corrected chi connectivity index (χ3v) is 6.10. The average molecular weight is 385 g/mol. The van der Waals surface area contributed by atoms with Crippen LogP contribution in [0.5, 0.6) is 0 Å². The quantitative estimate of drug-likeness (QED) is 0.696. The number of aryl methyl sites for hydroxylation is 1. The minimum atomic E-state index is -4.22. The molecule has 0 aliphatic rings. The van der Waals surface area contributed by atoms with Crippen LogP contribution in [0.15, 0.2) is 89.8 Å². The second-order valence-electron chi connectivity index (χ2n) is 6.36. The Balaban J connectivity index is 2.16. The van der Waals surface area contributed by atoms with E-state index in [1.54, 1.807) is 72.8 Å². The first-order valence-corrected chi connectivity index (χ1v) is 9.99. The lowest BCUT2D eigenvalue weighted by Gasteiger charge is -2.32. The monoisotopic (exact) mass is 384 g/mol. The second kappa shape index (κ2) is 8.05. The molecule has 3 aromatic rings. The van der Waals surface area contributed by atoms with Crippen molar-refractivity contribution in [2.45, 2.75) is 24.0 Å². The maximum absolute atomic E-state index is 13.4. The van der Waals surface area contributed by atoms with Crippen molar-refractivity contribution in [3.8, 4) is 0 Å². The van der Waals surface area contributed by atoms with E-state index >= 15 is 0 Å². The first-order valence-electron chi connectivity index (χ1n) is 9.70. The summed E-state index contributed by atoms with van der Waals surface area (Å²) in [4.78, 5) is -0.0196. The number of likely N-dealkylation sites (N-methyl/N-ethyl adjacent to an activating group) is 1.